The number of carbonyl (C=O) groups excluding carboxylic acids is 1. The Labute approximate surface area is 124 Å². The topological polar surface area (TPSA) is 17.1 Å². The van der Waals surface area contributed by atoms with Gasteiger partial charge in [0, 0.05) is 21.5 Å². The summed E-state index contributed by atoms with van der Waals surface area (Å²) in [5.41, 5.74) is 1.50. The summed E-state index contributed by atoms with van der Waals surface area (Å²) < 4.78 is 0.781. The Morgan fingerprint density at radius 2 is 1.89 bits per heavy atom. The molecule has 0 spiro atoms. The Balaban J connectivity index is 2.19. The van der Waals surface area contributed by atoms with Gasteiger partial charge in [-0.05, 0) is 45.8 Å². The molecule has 0 bridgehead atoms. The second kappa shape index (κ2) is 5.87. The van der Waals surface area contributed by atoms with E-state index in [1.807, 2.05) is 12.1 Å². The van der Waals surface area contributed by atoms with Gasteiger partial charge in [-0.2, -0.15) is 0 Å². The van der Waals surface area contributed by atoms with E-state index in [1.54, 1.807) is 30.3 Å². The van der Waals surface area contributed by atoms with Gasteiger partial charge in [-0.1, -0.05) is 41.4 Å². The van der Waals surface area contributed by atoms with Crippen molar-refractivity contribution < 1.29 is 4.79 Å². The van der Waals surface area contributed by atoms with Gasteiger partial charge in [0.15, 0.2) is 5.78 Å². The van der Waals surface area contributed by atoms with Gasteiger partial charge in [0.25, 0.3) is 0 Å². The van der Waals surface area contributed by atoms with Crippen LogP contribution in [0, 0.1) is 0 Å². The van der Waals surface area contributed by atoms with E-state index >= 15 is 0 Å². The summed E-state index contributed by atoms with van der Waals surface area (Å²) in [5.74, 6) is 0.0201. The largest absolute Gasteiger partial charge is 0.294 e. The average molecular weight is 344 g/mol. The Hall–Kier alpha value is -0.830. The van der Waals surface area contributed by atoms with Crippen LogP contribution >= 0.6 is 39.1 Å². The maximum atomic E-state index is 12.1. The van der Waals surface area contributed by atoms with Crippen molar-refractivity contribution in [1.82, 2.24) is 0 Å². The van der Waals surface area contributed by atoms with Gasteiger partial charge in [0.05, 0.1) is 5.02 Å². The van der Waals surface area contributed by atoms with Crippen LogP contribution in [0.15, 0.2) is 46.9 Å². The number of rotatable bonds is 3. The van der Waals surface area contributed by atoms with Gasteiger partial charge in [0.2, 0.25) is 0 Å². The lowest BCUT2D eigenvalue weighted by Crippen LogP contribution is -2.03. The average Bonchev–Trinajstić information content (AvgIpc) is 2.32. The van der Waals surface area contributed by atoms with Crippen LogP contribution in [-0.4, -0.2) is 5.78 Å². The molecule has 2 aromatic carbocycles. The van der Waals surface area contributed by atoms with E-state index in [-0.39, 0.29) is 5.78 Å². The lowest BCUT2D eigenvalue weighted by molar-refractivity contribution is 0.0993. The van der Waals surface area contributed by atoms with E-state index in [0.717, 1.165) is 10.0 Å². The number of hydrogen-bond donors (Lipinski definition) is 0. The first-order valence-corrected chi connectivity index (χ1v) is 6.84. The molecule has 0 saturated heterocycles. The highest BCUT2D eigenvalue weighted by atomic mass is 79.9. The molecule has 0 amide bonds. The Kier molecular flexibility index (Phi) is 4.44. The standard InChI is InChI=1S/C14H9BrCl2O/c15-12-5-4-10(8-13(12)17)14(18)7-9-2-1-3-11(16)6-9/h1-6,8H,7H2. The molecule has 18 heavy (non-hydrogen) atoms. The molecule has 0 aromatic heterocycles. The summed E-state index contributed by atoms with van der Waals surface area (Å²) in [6.45, 7) is 0. The van der Waals surface area contributed by atoms with Crippen molar-refractivity contribution in [2.24, 2.45) is 0 Å². The molecule has 0 N–H and O–H groups in total. The first-order valence-electron chi connectivity index (χ1n) is 5.29. The SMILES string of the molecule is O=C(Cc1cccc(Cl)c1)c1ccc(Br)c(Cl)c1. The predicted octanol–water partition coefficient (Wildman–Crippen LogP) is 5.18. The first kappa shape index (κ1) is 13.6. The molecule has 92 valence electrons. The fourth-order valence-electron chi connectivity index (χ4n) is 1.60. The van der Waals surface area contributed by atoms with Gasteiger partial charge in [-0.15, -0.1) is 0 Å². The third kappa shape index (κ3) is 3.35. The van der Waals surface area contributed by atoms with Crippen LogP contribution in [0.1, 0.15) is 15.9 Å². The van der Waals surface area contributed by atoms with Crippen molar-refractivity contribution in [3.8, 4) is 0 Å². The highest BCUT2D eigenvalue weighted by Gasteiger charge is 2.09. The van der Waals surface area contributed by atoms with Crippen LogP contribution < -0.4 is 0 Å². The van der Waals surface area contributed by atoms with Crippen molar-refractivity contribution in [3.63, 3.8) is 0 Å². The van der Waals surface area contributed by atoms with Gasteiger partial charge in [-0.3, -0.25) is 4.79 Å². The van der Waals surface area contributed by atoms with Crippen molar-refractivity contribution >= 4 is 44.9 Å². The summed E-state index contributed by atoms with van der Waals surface area (Å²) in [6.07, 6.45) is 0.318. The van der Waals surface area contributed by atoms with Crippen LogP contribution in [0.3, 0.4) is 0 Å². The molecule has 2 rings (SSSR count). The maximum Gasteiger partial charge on any atom is 0.167 e. The van der Waals surface area contributed by atoms with Crippen LogP contribution in [0.2, 0.25) is 10.0 Å². The Morgan fingerprint density at radius 3 is 2.56 bits per heavy atom. The number of benzene rings is 2. The van der Waals surface area contributed by atoms with Crippen molar-refractivity contribution in [1.29, 1.82) is 0 Å². The van der Waals surface area contributed by atoms with E-state index in [2.05, 4.69) is 15.9 Å². The summed E-state index contributed by atoms with van der Waals surface area (Å²) >= 11 is 15.1. The normalized spacial score (nSPS) is 10.4. The molecule has 0 heterocycles. The molecule has 0 fully saturated rings. The Bertz CT molecular complexity index is 596. The van der Waals surface area contributed by atoms with E-state index in [0.29, 0.717) is 22.0 Å². The van der Waals surface area contributed by atoms with Gasteiger partial charge in [-0.25, -0.2) is 0 Å². The van der Waals surface area contributed by atoms with Crippen molar-refractivity contribution in [2.45, 2.75) is 6.42 Å². The third-order valence-corrected chi connectivity index (χ3v) is 3.96. The van der Waals surface area contributed by atoms with Crippen LogP contribution in [0.4, 0.5) is 0 Å². The minimum Gasteiger partial charge on any atom is -0.294 e. The fourth-order valence-corrected chi connectivity index (χ4v) is 2.24. The van der Waals surface area contributed by atoms with Gasteiger partial charge >= 0.3 is 0 Å². The highest BCUT2D eigenvalue weighted by molar-refractivity contribution is 9.10. The zero-order valence-corrected chi connectivity index (χ0v) is 12.4. The van der Waals surface area contributed by atoms with E-state index in [4.69, 9.17) is 23.2 Å². The second-order valence-corrected chi connectivity index (χ2v) is 5.56. The molecular weight excluding hydrogens is 335 g/mol. The molecule has 0 radical (unpaired) electrons. The zero-order valence-electron chi connectivity index (χ0n) is 9.29. The van der Waals surface area contributed by atoms with E-state index < -0.39 is 0 Å². The van der Waals surface area contributed by atoms with Crippen molar-refractivity contribution in [3.05, 3.63) is 68.1 Å². The van der Waals surface area contributed by atoms with E-state index in [1.165, 1.54) is 0 Å². The molecule has 4 heteroatoms. The molecule has 0 aliphatic carbocycles. The second-order valence-electron chi connectivity index (χ2n) is 3.86. The lowest BCUT2D eigenvalue weighted by atomic mass is 10.0. The zero-order chi connectivity index (χ0) is 13.1. The number of hydrogen-bond acceptors (Lipinski definition) is 1. The van der Waals surface area contributed by atoms with E-state index in [9.17, 15) is 4.79 Å². The number of Topliss-reactive ketones (excluding diaryl/α,β-unsaturated/α-hetero) is 1. The highest BCUT2D eigenvalue weighted by Crippen LogP contribution is 2.24. The molecule has 2 aromatic rings. The summed E-state index contributed by atoms with van der Waals surface area (Å²) in [7, 11) is 0. The summed E-state index contributed by atoms with van der Waals surface area (Å²) in [4.78, 5) is 12.1. The molecule has 1 nitrogen and oxygen atoms in total. The Morgan fingerprint density at radius 1 is 1.11 bits per heavy atom. The first-order chi connectivity index (χ1) is 8.56. The smallest absolute Gasteiger partial charge is 0.167 e. The van der Waals surface area contributed by atoms with Crippen LogP contribution in [0.25, 0.3) is 0 Å². The fraction of sp³-hybridized carbons (Fsp3) is 0.0714. The van der Waals surface area contributed by atoms with Crippen LogP contribution in [-0.2, 0) is 6.42 Å². The summed E-state index contributed by atoms with van der Waals surface area (Å²) in [6, 6.07) is 12.5. The molecule has 0 atom stereocenters. The monoisotopic (exact) mass is 342 g/mol. The van der Waals surface area contributed by atoms with Gasteiger partial charge < -0.3 is 0 Å². The lowest BCUT2D eigenvalue weighted by Gasteiger charge is -2.03. The van der Waals surface area contributed by atoms with Gasteiger partial charge in [0.1, 0.15) is 0 Å². The number of carbonyl (C=O) groups is 1. The molecule has 0 unspecified atom stereocenters. The van der Waals surface area contributed by atoms with Crippen molar-refractivity contribution in [2.75, 3.05) is 0 Å². The molecule has 0 aliphatic heterocycles. The third-order valence-electron chi connectivity index (χ3n) is 2.50. The van der Waals surface area contributed by atoms with Crippen LogP contribution in [0.5, 0.6) is 0 Å². The predicted molar refractivity (Wildman–Crippen MR) is 78.6 cm³/mol. The summed E-state index contributed by atoms with van der Waals surface area (Å²) in [5, 5.41) is 1.17. The maximum absolute atomic E-state index is 12.1. The number of halogens is 3. The quantitative estimate of drug-likeness (QED) is 0.701. The molecular formula is C14H9BrCl2O. The minimum atomic E-state index is 0.0201. The minimum absolute atomic E-state index is 0.0201. The number of ketones is 1. The molecule has 0 aliphatic rings. The molecule has 0 saturated carbocycles.